The summed E-state index contributed by atoms with van der Waals surface area (Å²) < 4.78 is 0. The van der Waals surface area contributed by atoms with Crippen LogP contribution < -0.4 is 16.2 Å². The van der Waals surface area contributed by atoms with Gasteiger partial charge in [-0.15, -0.1) is 0 Å². The van der Waals surface area contributed by atoms with Crippen LogP contribution in [0.2, 0.25) is 0 Å². The fraction of sp³-hybridized carbons (Fsp3) is 0.278. The molecule has 2 aromatic rings. The number of nitrogens with zero attached hydrogens (tertiary/aromatic N) is 1. The lowest BCUT2D eigenvalue weighted by Gasteiger charge is -2.13. The van der Waals surface area contributed by atoms with Gasteiger partial charge in [0.1, 0.15) is 5.25 Å². The maximum Gasteiger partial charge on any atom is 0.317 e. The zero-order valence-corrected chi connectivity index (χ0v) is 16.1. The van der Waals surface area contributed by atoms with Crippen molar-refractivity contribution in [3.05, 3.63) is 46.2 Å². The van der Waals surface area contributed by atoms with Gasteiger partial charge in [-0.3, -0.25) is 24.2 Å². The minimum Gasteiger partial charge on any atom is -0.480 e. The van der Waals surface area contributed by atoms with Gasteiger partial charge in [0.25, 0.3) is 11.5 Å². The summed E-state index contributed by atoms with van der Waals surface area (Å²) in [6.45, 7) is 3.32. The highest BCUT2D eigenvalue weighted by Gasteiger charge is 2.21. The molecular formula is C18H20N4O5S. The predicted octanol–water partition coefficient (Wildman–Crippen LogP) is 2.33. The Balaban J connectivity index is 2.40. The summed E-state index contributed by atoms with van der Waals surface area (Å²) in [5, 5.41) is 13.3. The number of anilines is 2. The Labute approximate surface area is 165 Å². The fourth-order valence-corrected chi connectivity index (χ4v) is 2.99. The summed E-state index contributed by atoms with van der Waals surface area (Å²) in [4.78, 5) is 54.5. The van der Waals surface area contributed by atoms with Crippen LogP contribution in [-0.4, -0.2) is 38.1 Å². The third-order valence-electron chi connectivity index (χ3n) is 3.65. The zero-order valence-electron chi connectivity index (χ0n) is 15.3. The normalized spacial score (nSPS) is 11.5. The topological polar surface area (TPSA) is 141 Å². The van der Waals surface area contributed by atoms with Crippen LogP contribution in [0.4, 0.5) is 11.5 Å². The molecule has 0 saturated carbocycles. The van der Waals surface area contributed by atoms with E-state index in [-0.39, 0.29) is 23.1 Å². The Bertz CT molecular complexity index is 929. The van der Waals surface area contributed by atoms with Crippen molar-refractivity contribution in [1.82, 2.24) is 9.97 Å². The number of aromatic amines is 1. The molecule has 0 fully saturated rings. The molecule has 4 N–H and O–H groups in total. The van der Waals surface area contributed by atoms with Crippen molar-refractivity contribution < 1.29 is 19.5 Å². The number of aromatic nitrogens is 2. The van der Waals surface area contributed by atoms with E-state index in [2.05, 4.69) is 20.6 Å². The molecule has 0 radical (unpaired) electrons. The largest absolute Gasteiger partial charge is 0.480 e. The van der Waals surface area contributed by atoms with Crippen molar-refractivity contribution in [2.45, 2.75) is 37.1 Å². The smallest absolute Gasteiger partial charge is 0.317 e. The Morgan fingerprint density at radius 3 is 2.43 bits per heavy atom. The van der Waals surface area contributed by atoms with Crippen LogP contribution in [0.15, 0.2) is 40.3 Å². The number of hydrogen-bond donors (Lipinski definition) is 4. The minimum atomic E-state index is -1.05. The zero-order chi connectivity index (χ0) is 20.7. The Kier molecular flexibility index (Phi) is 7.33. The van der Waals surface area contributed by atoms with E-state index in [0.717, 1.165) is 11.8 Å². The molecule has 10 heteroatoms. The minimum absolute atomic E-state index is 0.0309. The molecule has 2 amide bonds. The third-order valence-corrected chi connectivity index (χ3v) is 4.89. The molecule has 0 unspecified atom stereocenters. The molecule has 0 spiro atoms. The molecule has 1 atom stereocenters. The summed E-state index contributed by atoms with van der Waals surface area (Å²) >= 11 is 0.854. The molecule has 9 nitrogen and oxygen atoms in total. The Morgan fingerprint density at radius 1 is 1.18 bits per heavy atom. The van der Waals surface area contributed by atoms with Gasteiger partial charge in [0.15, 0.2) is 16.7 Å². The van der Waals surface area contributed by atoms with Gasteiger partial charge in [0.05, 0.1) is 0 Å². The number of carboxylic acid groups (broad SMARTS) is 1. The van der Waals surface area contributed by atoms with E-state index < -0.39 is 28.6 Å². The molecule has 0 saturated heterocycles. The van der Waals surface area contributed by atoms with Gasteiger partial charge in [-0.1, -0.05) is 43.8 Å². The average molecular weight is 404 g/mol. The van der Waals surface area contributed by atoms with Gasteiger partial charge in [0, 0.05) is 12.0 Å². The van der Waals surface area contributed by atoms with E-state index >= 15 is 0 Å². The summed E-state index contributed by atoms with van der Waals surface area (Å²) in [6, 6.07) is 8.24. The number of amides is 2. The Hall–Kier alpha value is -3.14. The quantitative estimate of drug-likeness (QED) is 0.391. The summed E-state index contributed by atoms with van der Waals surface area (Å²) in [5.41, 5.74) is -0.596. The number of thioether (sulfide) groups is 1. The second-order valence-corrected chi connectivity index (χ2v) is 6.86. The van der Waals surface area contributed by atoms with Crippen molar-refractivity contribution in [2.75, 3.05) is 10.6 Å². The molecule has 148 valence electrons. The number of H-pyrrole nitrogens is 1. The molecule has 0 aliphatic rings. The van der Waals surface area contributed by atoms with Crippen LogP contribution in [0.3, 0.4) is 0 Å². The van der Waals surface area contributed by atoms with E-state index in [1.807, 2.05) is 0 Å². The first-order valence-corrected chi connectivity index (χ1v) is 9.43. The predicted molar refractivity (Wildman–Crippen MR) is 106 cm³/mol. The molecule has 0 bridgehead atoms. The number of benzene rings is 1. The van der Waals surface area contributed by atoms with Crippen molar-refractivity contribution in [3.63, 3.8) is 0 Å². The van der Waals surface area contributed by atoms with Crippen LogP contribution in [0, 0.1) is 0 Å². The van der Waals surface area contributed by atoms with Gasteiger partial charge in [-0.25, -0.2) is 4.98 Å². The highest BCUT2D eigenvalue weighted by atomic mass is 32.2. The average Bonchev–Trinajstić information content (AvgIpc) is 2.68. The fourth-order valence-electron chi connectivity index (χ4n) is 2.15. The number of rotatable bonds is 8. The molecule has 0 aliphatic heterocycles. The van der Waals surface area contributed by atoms with E-state index in [9.17, 15) is 24.3 Å². The van der Waals surface area contributed by atoms with Gasteiger partial charge < -0.3 is 15.7 Å². The van der Waals surface area contributed by atoms with Crippen molar-refractivity contribution in [3.8, 4) is 0 Å². The molecule has 2 rings (SSSR count). The first-order valence-electron chi connectivity index (χ1n) is 8.55. The van der Waals surface area contributed by atoms with Crippen LogP contribution in [0.5, 0.6) is 0 Å². The van der Waals surface area contributed by atoms with E-state index in [0.29, 0.717) is 12.0 Å². The monoisotopic (exact) mass is 404 g/mol. The number of carbonyl (C=O) groups excluding carboxylic acids is 2. The lowest BCUT2D eigenvalue weighted by Crippen LogP contribution is -2.25. The van der Waals surface area contributed by atoms with Crippen molar-refractivity contribution >= 4 is 41.1 Å². The van der Waals surface area contributed by atoms with Gasteiger partial charge in [-0.05, 0) is 18.6 Å². The second kappa shape index (κ2) is 9.70. The summed E-state index contributed by atoms with van der Waals surface area (Å²) in [5.74, 6) is -2.13. The number of carbonyl (C=O) groups is 3. The molecular weight excluding hydrogens is 384 g/mol. The van der Waals surface area contributed by atoms with Gasteiger partial charge in [-0.2, -0.15) is 0 Å². The standard InChI is InChI=1S/C18H20N4O5S/c1-3-11(17(26)27)28-18-21-14(19-12(23)4-2)13(16(25)22-18)20-15(24)10-8-6-5-7-9-10/h5-9,11H,3-4H2,1-2H3,(H,20,24)(H,26,27)(H2,19,21,22,23,25)/t11-/m0/s1. The molecule has 28 heavy (non-hydrogen) atoms. The van der Waals surface area contributed by atoms with E-state index in [4.69, 9.17) is 0 Å². The van der Waals surface area contributed by atoms with E-state index in [1.165, 1.54) is 0 Å². The van der Waals surface area contributed by atoms with Crippen LogP contribution in [0.1, 0.15) is 37.0 Å². The summed E-state index contributed by atoms with van der Waals surface area (Å²) in [7, 11) is 0. The van der Waals surface area contributed by atoms with Crippen molar-refractivity contribution in [1.29, 1.82) is 0 Å². The maximum atomic E-state index is 12.5. The first kappa shape index (κ1) is 21.2. The number of hydrogen-bond acceptors (Lipinski definition) is 6. The SMILES string of the molecule is CCC(=O)Nc1nc(S[C@@H](CC)C(=O)O)[nH]c(=O)c1NC(=O)c1ccccc1. The number of carboxylic acids is 1. The molecule has 0 aliphatic carbocycles. The number of nitrogens with one attached hydrogen (secondary N) is 3. The lowest BCUT2D eigenvalue weighted by molar-refractivity contribution is -0.136. The highest BCUT2D eigenvalue weighted by Crippen LogP contribution is 2.25. The summed E-state index contributed by atoms with van der Waals surface area (Å²) in [6.07, 6.45) is 0.447. The molecule has 1 heterocycles. The second-order valence-electron chi connectivity index (χ2n) is 5.67. The molecule has 1 aromatic heterocycles. The highest BCUT2D eigenvalue weighted by molar-refractivity contribution is 8.00. The number of aliphatic carboxylic acids is 1. The maximum absolute atomic E-state index is 12.5. The van der Waals surface area contributed by atoms with Crippen LogP contribution in [0.25, 0.3) is 0 Å². The van der Waals surface area contributed by atoms with Crippen molar-refractivity contribution in [2.24, 2.45) is 0 Å². The lowest BCUT2D eigenvalue weighted by atomic mass is 10.2. The third kappa shape index (κ3) is 5.43. The molecule has 1 aromatic carbocycles. The van der Waals surface area contributed by atoms with Crippen LogP contribution >= 0.6 is 11.8 Å². The first-order chi connectivity index (χ1) is 13.3. The van der Waals surface area contributed by atoms with Gasteiger partial charge >= 0.3 is 5.97 Å². The van der Waals surface area contributed by atoms with E-state index in [1.54, 1.807) is 44.2 Å². The Morgan fingerprint density at radius 2 is 1.86 bits per heavy atom. The van der Waals surface area contributed by atoms with Crippen LogP contribution in [-0.2, 0) is 9.59 Å². The van der Waals surface area contributed by atoms with Gasteiger partial charge in [0.2, 0.25) is 5.91 Å².